The van der Waals surface area contributed by atoms with Crippen LogP contribution in [0.2, 0.25) is 0 Å². The van der Waals surface area contributed by atoms with Crippen molar-refractivity contribution in [2.24, 2.45) is 5.92 Å². The van der Waals surface area contributed by atoms with Crippen LogP contribution in [0.3, 0.4) is 0 Å². The zero-order valence-corrected chi connectivity index (χ0v) is 23.9. The Hall–Kier alpha value is -4.23. The normalized spacial score (nSPS) is 19.7. The molecule has 43 heavy (non-hydrogen) atoms. The molecule has 1 fully saturated rings. The molecule has 7 nitrogen and oxygen atoms in total. The van der Waals surface area contributed by atoms with Crippen LogP contribution >= 0.6 is 23.1 Å². The topological polar surface area (TPSA) is 88.5 Å². The van der Waals surface area contributed by atoms with Gasteiger partial charge in [-0.3, -0.25) is 23.7 Å². The first-order chi connectivity index (χ1) is 20.4. The average molecular weight is 628 g/mol. The predicted octanol–water partition coefficient (Wildman–Crippen LogP) is 5.81. The monoisotopic (exact) mass is 627 g/mol. The standard InChI is InChI=1S/C30H21F4N3O4S2/c1-15-5-11-19(12-6-15)35-21(38)14-36-28-25(43-29(36)41)22(16-7-9-18(31)10-8-16)23-24(42-28)27(40)37(26(23)39)20-4-2-3-17(13-20)30(32,33)34/h2-13,22-24H,14H2,1H3,(H,35,38)/t22-,23+,24-/m0/s1. The molecule has 1 aromatic heterocycles. The van der Waals surface area contributed by atoms with E-state index in [9.17, 15) is 36.7 Å². The van der Waals surface area contributed by atoms with E-state index >= 15 is 0 Å². The number of hydrogen-bond acceptors (Lipinski definition) is 6. The number of halogens is 4. The Labute approximate surface area is 250 Å². The van der Waals surface area contributed by atoms with Crippen LogP contribution in [-0.4, -0.2) is 27.5 Å². The van der Waals surface area contributed by atoms with Crippen molar-refractivity contribution in [2.75, 3.05) is 10.2 Å². The van der Waals surface area contributed by atoms with Crippen LogP contribution < -0.4 is 15.1 Å². The van der Waals surface area contributed by atoms with Gasteiger partial charge in [-0.2, -0.15) is 13.2 Å². The van der Waals surface area contributed by atoms with Gasteiger partial charge in [-0.1, -0.05) is 59.0 Å². The summed E-state index contributed by atoms with van der Waals surface area (Å²) in [6.45, 7) is 1.52. The maximum Gasteiger partial charge on any atom is 0.416 e. The number of imide groups is 1. The molecule has 0 radical (unpaired) electrons. The maximum atomic E-state index is 13.9. The zero-order valence-electron chi connectivity index (χ0n) is 22.2. The minimum absolute atomic E-state index is 0.226. The van der Waals surface area contributed by atoms with E-state index in [0.717, 1.165) is 51.8 Å². The third kappa shape index (κ3) is 5.27. The predicted molar refractivity (Wildman–Crippen MR) is 154 cm³/mol. The van der Waals surface area contributed by atoms with E-state index in [1.165, 1.54) is 34.9 Å². The fraction of sp³-hybridized carbons (Fsp3) is 0.200. The molecule has 1 N–H and O–H groups in total. The fourth-order valence-corrected chi connectivity index (χ4v) is 8.11. The second kappa shape index (κ2) is 10.8. The lowest BCUT2D eigenvalue weighted by Crippen LogP contribution is -2.33. The molecular formula is C30H21F4N3O4S2. The molecule has 2 aliphatic heterocycles. The molecule has 1 saturated heterocycles. The maximum absolute atomic E-state index is 13.9. The van der Waals surface area contributed by atoms with E-state index < -0.39 is 57.2 Å². The molecule has 3 amide bonds. The molecular weight excluding hydrogens is 606 g/mol. The fourth-order valence-electron chi connectivity index (χ4n) is 5.34. The Kier molecular flexibility index (Phi) is 7.25. The summed E-state index contributed by atoms with van der Waals surface area (Å²) in [5, 5.41) is 1.93. The first-order valence-corrected chi connectivity index (χ1v) is 14.7. The van der Waals surface area contributed by atoms with Crippen molar-refractivity contribution >= 4 is 52.2 Å². The lowest BCUT2D eigenvalue weighted by atomic mass is 9.83. The number of benzene rings is 3. The number of alkyl halides is 3. The number of fused-ring (bicyclic) bond motifs is 2. The Bertz CT molecular complexity index is 1820. The number of carbonyl (C=O) groups is 3. The summed E-state index contributed by atoms with van der Waals surface area (Å²) in [6.07, 6.45) is -4.70. The number of hydrogen-bond donors (Lipinski definition) is 1. The summed E-state index contributed by atoms with van der Waals surface area (Å²) < 4.78 is 55.5. The van der Waals surface area contributed by atoms with Crippen molar-refractivity contribution in [1.29, 1.82) is 0 Å². The van der Waals surface area contributed by atoms with Gasteiger partial charge in [0.15, 0.2) is 0 Å². The van der Waals surface area contributed by atoms with E-state index in [0.29, 0.717) is 21.2 Å². The average Bonchev–Trinajstić information content (AvgIpc) is 3.40. The van der Waals surface area contributed by atoms with Gasteiger partial charge in [0.2, 0.25) is 17.7 Å². The molecule has 3 aromatic carbocycles. The lowest BCUT2D eigenvalue weighted by molar-refractivity contribution is -0.137. The van der Waals surface area contributed by atoms with Gasteiger partial charge in [0.05, 0.1) is 22.2 Å². The van der Waals surface area contributed by atoms with Crippen molar-refractivity contribution < 1.29 is 31.9 Å². The summed E-state index contributed by atoms with van der Waals surface area (Å²) in [7, 11) is 0. The second-order valence-electron chi connectivity index (χ2n) is 10.2. The van der Waals surface area contributed by atoms with Crippen LogP contribution in [0.25, 0.3) is 0 Å². The van der Waals surface area contributed by atoms with Gasteiger partial charge in [0.1, 0.15) is 17.6 Å². The first kappa shape index (κ1) is 28.9. The summed E-state index contributed by atoms with van der Waals surface area (Å²) in [6, 6.07) is 16.3. The number of nitrogens with one attached hydrogen (secondary N) is 1. The lowest BCUT2D eigenvalue weighted by Gasteiger charge is -2.30. The first-order valence-electron chi connectivity index (χ1n) is 13.0. The van der Waals surface area contributed by atoms with Gasteiger partial charge in [-0.15, -0.1) is 0 Å². The Balaban J connectivity index is 1.40. The number of carbonyl (C=O) groups excluding carboxylic acids is 3. The number of aromatic nitrogens is 1. The van der Waals surface area contributed by atoms with Crippen molar-refractivity contribution in [3.05, 3.63) is 110 Å². The van der Waals surface area contributed by atoms with Crippen LogP contribution in [0.1, 0.15) is 27.5 Å². The molecule has 6 rings (SSSR count). The van der Waals surface area contributed by atoms with Gasteiger partial charge < -0.3 is 5.32 Å². The summed E-state index contributed by atoms with van der Waals surface area (Å²) in [5.74, 6) is -4.47. The van der Waals surface area contributed by atoms with Crippen LogP contribution in [-0.2, 0) is 27.1 Å². The Morgan fingerprint density at radius 1 is 0.953 bits per heavy atom. The van der Waals surface area contributed by atoms with E-state index in [-0.39, 0.29) is 12.2 Å². The number of nitrogens with zero attached hydrogens (tertiary/aromatic N) is 2. The molecule has 3 atom stereocenters. The van der Waals surface area contributed by atoms with Gasteiger partial charge in [-0.05, 0) is 55.0 Å². The van der Waals surface area contributed by atoms with E-state index in [4.69, 9.17) is 0 Å². The minimum atomic E-state index is -4.70. The number of amides is 3. The van der Waals surface area contributed by atoms with E-state index in [1.54, 1.807) is 12.1 Å². The molecule has 4 aromatic rings. The highest BCUT2D eigenvalue weighted by Gasteiger charge is 2.57. The molecule has 3 heterocycles. The van der Waals surface area contributed by atoms with E-state index in [1.807, 2.05) is 19.1 Å². The van der Waals surface area contributed by atoms with Crippen LogP contribution in [0, 0.1) is 18.7 Å². The minimum Gasteiger partial charge on any atom is -0.325 e. The van der Waals surface area contributed by atoms with Gasteiger partial charge in [0, 0.05) is 16.5 Å². The number of rotatable bonds is 5. The number of anilines is 2. The largest absolute Gasteiger partial charge is 0.416 e. The Morgan fingerprint density at radius 2 is 1.65 bits per heavy atom. The summed E-state index contributed by atoms with van der Waals surface area (Å²) in [5.41, 5.74) is 0.723. The van der Waals surface area contributed by atoms with Crippen LogP contribution in [0.5, 0.6) is 0 Å². The molecule has 0 saturated carbocycles. The quantitative estimate of drug-likeness (QED) is 0.223. The highest BCUT2D eigenvalue weighted by atomic mass is 32.2. The second-order valence-corrected chi connectivity index (χ2v) is 12.3. The Morgan fingerprint density at radius 3 is 2.33 bits per heavy atom. The van der Waals surface area contributed by atoms with E-state index in [2.05, 4.69) is 5.32 Å². The molecule has 0 aliphatic carbocycles. The highest BCUT2D eigenvalue weighted by molar-refractivity contribution is 8.00. The van der Waals surface area contributed by atoms with Crippen molar-refractivity contribution in [3.8, 4) is 0 Å². The third-order valence-electron chi connectivity index (χ3n) is 7.35. The van der Waals surface area contributed by atoms with Crippen molar-refractivity contribution in [2.45, 2.75) is 35.8 Å². The highest BCUT2D eigenvalue weighted by Crippen LogP contribution is 2.54. The number of thiazole rings is 1. The summed E-state index contributed by atoms with van der Waals surface area (Å²) >= 11 is 1.74. The van der Waals surface area contributed by atoms with Gasteiger partial charge >= 0.3 is 11.0 Å². The smallest absolute Gasteiger partial charge is 0.325 e. The summed E-state index contributed by atoms with van der Waals surface area (Å²) in [4.78, 5) is 54.4. The van der Waals surface area contributed by atoms with Crippen LogP contribution in [0.15, 0.2) is 82.6 Å². The zero-order chi connectivity index (χ0) is 30.6. The molecule has 220 valence electrons. The molecule has 0 bridgehead atoms. The van der Waals surface area contributed by atoms with Crippen molar-refractivity contribution in [1.82, 2.24) is 4.57 Å². The SMILES string of the molecule is Cc1ccc(NC(=O)Cn2c3c(sc2=O)[C@@H](c2ccc(F)cc2)[C@H]2C(=O)N(c4cccc(C(F)(F)F)c4)C(=O)[C@H]2S3)cc1. The van der Waals surface area contributed by atoms with Gasteiger partial charge in [-0.25, -0.2) is 9.29 Å². The number of aryl methyl sites for hydroxylation is 1. The molecule has 2 aliphatic rings. The molecule has 13 heteroatoms. The molecule has 0 spiro atoms. The number of thioether (sulfide) groups is 1. The van der Waals surface area contributed by atoms with Crippen molar-refractivity contribution in [3.63, 3.8) is 0 Å². The third-order valence-corrected chi connectivity index (χ3v) is 9.95. The van der Waals surface area contributed by atoms with Crippen LogP contribution in [0.4, 0.5) is 28.9 Å². The van der Waals surface area contributed by atoms with Gasteiger partial charge in [0.25, 0.3) is 0 Å². The molecule has 0 unspecified atom stereocenters.